The van der Waals surface area contributed by atoms with E-state index in [0.717, 1.165) is 21.3 Å². The van der Waals surface area contributed by atoms with Crippen LogP contribution in [0.3, 0.4) is 0 Å². The number of methoxy groups -OCH3 is 1. The van der Waals surface area contributed by atoms with Crippen molar-refractivity contribution in [1.29, 1.82) is 0 Å². The van der Waals surface area contributed by atoms with Crippen LogP contribution >= 0.6 is 28.1 Å². The molecule has 1 N–H and O–H groups in total. The summed E-state index contributed by atoms with van der Waals surface area (Å²) < 4.78 is 11.8. The summed E-state index contributed by atoms with van der Waals surface area (Å²) in [4.78, 5) is 14.4. The molecule has 1 amide bonds. The number of benzene rings is 2. The highest BCUT2D eigenvalue weighted by atomic mass is 79.9. The highest BCUT2D eigenvalue weighted by molar-refractivity contribution is 9.10. The van der Waals surface area contributed by atoms with E-state index < -0.39 is 0 Å². The van der Waals surface area contributed by atoms with Gasteiger partial charge >= 0.3 is 0 Å². The molecule has 0 atom stereocenters. The summed E-state index contributed by atoms with van der Waals surface area (Å²) in [6.07, 6.45) is 1.75. The molecule has 7 heteroatoms. The Balaban J connectivity index is 1.97. The number of para-hydroxylation sites is 1. The molecule has 0 bridgehead atoms. The van der Waals surface area contributed by atoms with E-state index in [1.165, 1.54) is 4.90 Å². The van der Waals surface area contributed by atoms with E-state index >= 15 is 0 Å². The second kappa shape index (κ2) is 8.10. The normalized spacial score (nSPS) is 15.3. The Labute approximate surface area is 172 Å². The third-order valence-electron chi connectivity index (χ3n) is 4.09. The van der Waals surface area contributed by atoms with E-state index in [2.05, 4.69) is 21.2 Å². The number of halogens is 1. The van der Waals surface area contributed by atoms with Gasteiger partial charge in [-0.05, 0) is 77.4 Å². The standard InChI is InChI=1S/C20H19BrN2O3S/c1-4-26-18-14(21)9-13(11-17(18)25-3)10-15-19(24)23(20(27)22-15)16-8-6-5-7-12(16)2/h5-11H,4H2,1-3H3,(H,22,27)/b15-10-. The fraction of sp³-hybridized carbons (Fsp3) is 0.200. The zero-order chi connectivity index (χ0) is 19.6. The molecule has 3 rings (SSSR count). The number of nitrogens with zero attached hydrogens (tertiary/aromatic N) is 1. The minimum Gasteiger partial charge on any atom is -0.493 e. The van der Waals surface area contributed by atoms with Gasteiger partial charge in [-0.2, -0.15) is 0 Å². The lowest BCUT2D eigenvalue weighted by Gasteiger charge is -2.16. The molecule has 1 heterocycles. The average Bonchev–Trinajstić information content (AvgIpc) is 2.91. The van der Waals surface area contributed by atoms with Crippen molar-refractivity contribution in [2.45, 2.75) is 13.8 Å². The second-order valence-corrected chi connectivity index (χ2v) is 7.12. The van der Waals surface area contributed by atoms with Crippen LogP contribution in [0, 0.1) is 6.92 Å². The number of amides is 1. The molecule has 2 aromatic carbocycles. The lowest BCUT2D eigenvalue weighted by molar-refractivity contribution is -0.113. The van der Waals surface area contributed by atoms with E-state index in [0.29, 0.717) is 28.9 Å². The number of carbonyl (C=O) groups is 1. The van der Waals surface area contributed by atoms with Crippen molar-refractivity contribution in [2.24, 2.45) is 0 Å². The first-order chi connectivity index (χ1) is 13.0. The van der Waals surface area contributed by atoms with Gasteiger partial charge in [0.15, 0.2) is 16.6 Å². The monoisotopic (exact) mass is 446 g/mol. The van der Waals surface area contributed by atoms with Crippen molar-refractivity contribution < 1.29 is 14.3 Å². The number of carbonyl (C=O) groups excluding carboxylic acids is 1. The van der Waals surface area contributed by atoms with Crippen LogP contribution in [0.2, 0.25) is 0 Å². The number of rotatable bonds is 5. The molecule has 140 valence electrons. The van der Waals surface area contributed by atoms with Crippen molar-refractivity contribution in [3.8, 4) is 11.5 Å². The van der Waals surface area contributed by atoms with Gasteiger partial charge in [-0.15, -0.1) is 0 Å². The summed E-state index contributed by atoms with van der Waals surface area (Å²) >= 11 is 8.88. The Bertz CT molecular complexity index is 943. The molecule has 2 aromatic rings. The van der Waals surface area contributed by atoms with Gasteiger partial charge in [0.2, 0.25) is 0 Å². The second-order valence-electron chi connectivity index (χ2n) is 5.88. The largest absolute Gasteiger partial charge is 0.493 e. The topological polar surface area (TPSA) is 50.8 Å². The average molecular weight is 447 g/mol. The molecular formula is C20H19BrN2O3S. The molecule has 0 saturated carbocycles. The van der Waals surface area contributed by atoms with Crippen LogP contribution in [-0.2, 0) is 4.79 Å². The predicted octanol–water partition coefficient (Wildman–Crippen LogP) is 4.43. The number of nitrogens with one attached hydrogen (secondary N) is 1. The van der Waals surface area contributed by atoms with Crippen molar-refractivity contribution in [3.63, 3.8) is 0 Å². The summed E-state index contributed by atoms with van der Waals surface area (Å²) in [5.74, 6) is 1.02. The van der Waals surface area contributed by atoms with Gasteiger partial charge in [-0.25, -0.2) is 0 Å². The van der Waals surface area contributed by atoms with Crippen LogP contribution in [0.5, 0.6) is 11.5 Å². The van der Waals surface area contributed by atoms with Gasteiger partial charge in [0.05, 0.1) is 23.9 Å². The SMILES string of the molecule is CCOc1c(Br)cc(/C=C2\NC(=S)N(c3ccccc3C)C2=O)cc1OC. The zero-order valence-corrected chi connectivity index (χ0v) is 17.6. The van der Waals surface area contributed by atoms with Crippen molar-refractivity contribution in [1.82, 2.24) is 5.32 Å². The van der Waals surface area contributed by atoms with E-state index in [-0.39, 0.29) is 5.91 Å². The maximum absolute atomic E-state index is 12.9. The van der Waals surface area contributed by atoms with Crippen LogP contribution in [0.25, 0.3) is 6.08 Å². The maximum atomic E-state index is 12.9. The third kappa shape index (κ3) is 3.84. The molecule has 0 radical (unpaired) electrons. The van der Waals surface area contributed by atoms with Crippen LogP contribution in [0.1, 0.15) is 18.1 Å². The molecule has 1 saturated heterocycles. The van der Waals surface area contributed by atoms with Crippen molar-refractivity contribution in [3.05, 3.63) is 57.7 Å². The highest BCUT2D eigenvalue weighted by Gasteiger charge is 2.32. The van der Waals surface area contributed by atoms with E-state index in [4.69, 9.17) is 21.7 Å². The molecule has 0 aliphatic carbocycles. The fourth-order valence-corrected chi connectivity index (χ4v) is 3.71. The Morgan fingerprint density at radius 3 is 2.70 bits per heavy atom. The Hall–Kier alpha value is -2.38. The summed E-state index contributed by atoms with van der Waals surface area (Å²) in [5, 5.41) is 3.36. The van der Waals surface area contributed by atoms with Crippen LogP contribution < -0.4 is 19.7 Å². The first-order valence-electron chi connectivity index (χ1n) is 8.39. The molecule has 0 aromatic heterocycles. The molecule has 1 aliphatic heterocycles. The highest BCUT2D eigenvalue weighted by Crippen LogP contribution is 2.37. The number of hydrogen-bond donors (Lipinski definition) is 1. The van der Waals surface area contributed by atoms with Gasteiger partial charge in [-0.3, -0.25) is 9.69 Å². The summed E-state index contributed by atoms with van der Waals surface area (Å²) in [5.41, 5.74) is 2.93. The maximum Gasteiger partial charge on any atom is 0.281 e. The number of aryl methyl sites for hydroxylation is 1. The van der Waals surface area contributed by atoms with Gasteiger partial charge in [0.1, 0.15) is 5.70 Å². The van der Waals surface area contributed by atoms with Crippen molar-refractivity contribution >= 4 is 50.9 Å². The first kappa shape index (κ1) is 19.4. The number of ether oxygens (including phenoxy) is 2. The lowest BCUT2D eigenvalue weighted by atomic mass is 10.1. The Morgan fingerprint density at radius 1 is 1.30 bits per heavy atom. The summed E-state index contributed by atoms with van der Waals surface area (Å²) in [6, 6.07) is 11.3. The van der Waals surface area contributed by atoms with Crippen LogP contribution in [-0.4, -0.2) is 24.7 Å². The molecule has 1 fully saturated rings. The minimum absolute atomic E-state index is 0.196. The quantitative estimate of drug-likeness (QED) is 0.543. The lowest BCUT2D eigenvalue weighted by Crippen LogP contribution is -2.30. The van der Waals surface area contributed by atoms with E-state index in [1.54, 1.807) is 13.2 Å². The predicted molar refractivity (Wildman–Crippen MR) is 114 cm³/mol. The van der Waals surface area contributed by atoms with Gasteiger partial charge in [-0.1, -0.05) is 18.2 Å². The number of anilines is 1. The van der Waals surface area contributed by atoms with Crippen molar-refractivity contribution in [2.75, 3.05) is 18.6 Å². The molecular weight excluding hydrogens is 428 g/mol. The van der Waals surface area contributed by atoms with Crippen LogP contribution in [0.15, 0.2) is 46.6 Å². The molecule has 0 unspecified atom stereocenters. The zero-order valence-electron chi connectivity index (χ0n) is 15.2. The number of hydrogen-bond acceptors (Lipinski definition) is 4. The van der Waals surface area contributed by atoms with E-state index in [1.807, 2.05) is 50.2 Å². The fourth-order valence-electron chi connectivity index (χ4n) is 2.84. The number of thiocarbonyl (C=S) groups is 1. The van der Waals surface area contributed by atoms with Gasteiger partial charge in [0, 0.05) is 0 Å². The Kier molecular flexibility index (Phi) is 5.82. The minimum atomic E-state index is -0.196. The van der Waals surface area contributed by atoms with E-state index in [9.17, 15) is 4.79 Å². The van der Waals surface area contributed by atoms with Gasteiger partial charge in [0.25, 0.3) is 5.91 Å². The summed E-state index contributed by atoms with van der Waals surface area (Å²) in [6.45, 7) is 4.38. The Morgan fingerprint density at radius 2 is 2.04 bits per heavy atom. The summed E-state index contributed by atoms with van der Waals surface area (Å²) in [7, 11) is 1.58. The third-order valence-corrected chi connectivity index (χ3v) is 4.96. The molecule has 1 aliphatic rings. The molecule has 0 spiro atoms. The van der Waals surface area contributed by atoms with Gasteiger partial charge < -0.3 is 14.8 Å². The van der Waals surface area contributed by atoms with Crippen LogP contribution in [0.4, 0.5) is 5.69 Å². The molecule has 5 nitrogen and oxygen atoms in total. The smallest absolute Gasteiger partial charge is 0.281 e. The first-order valence-corrected chi connectivity index (χ1v) is 9.59. The molecule has 27 heavy (non-hydrogen) atoms.